The molecular weight excluding hydrogens is 1150 g/mol. The molecule has 0 fully saturated rings. The number of para-hydroxylation sites is 5. The zero-order chi connectivity index (χ0) is 63.2. The molecule has 0 spiro atoms. The molecule has 4 aromatic heterocycles. The molecule has 0 unspecified atom stereocenters. The first-order valence-electron chi connectivity index (χ1n) is 31.4. The first kappa shape index (κ1) is 40.0. The molecule has 0 bridgehead atoms. The van der Waals surface area contributed by atoms with E-state index in [4.69, 9.17) is 12.5 Å². The van der Waals surface area contributed by atoms with Gasteiger partial charge in [-0.05, 0) is 17.0 Å². The Morgan fingerprint density at radius 3 is 1.62 bits per heavy atom. The van der Waals surface area contributed by atoms with Crippen molar-refractivity contribution >= 4 is 54.6 Å². The first-order chi connectivity index (χ1) is 42.2. The molecule has 4 heterocycles. The maximum absolute atomic E-state index is 9.78. The number of imidazole rings is 1. The number of hydrogen-bond acceptors (Lipinski definition) is 2. The van der Waals surface area contributed by atoms with Crippen LogP contribution < -0.4 is 4.74 Å². The molecule has 0 saturated carbocycles. The number of benzene rings is 9. The fourth-order valence-electron chi connectivity index (χ4n) is 11.2. The Labute approximate surface area is 487 Å². The number of pyridine rings is 1. The SMILES string of the molecule is [2H]c1c([2H])c([2H])c(-c2cc(-n3c4c(C(C)(C)C)cccc4c4cccc(C(C)(C)C)c43)cc(-c3c([2H])c([2H])c([2H])c([2H])c3[2H])c2-n2[c](=[Pt])n(-c3[c-]c(Oc4[c-]c5c(cc4)c4ccccc4n5-c4cc(C(C)(C)C)ccn4)ccc3)c3ccccc32)c([2H])c1[2H]. The van der Waals surface area contributed by atoms with E-state index in [9.17, 15) is 11.0 Å². The molecule has 9 aromatic carbocycles. The van der Waals surface area contributed by atoms with Crippen LogP contribution in [0.4, 0.5) is 0 Å². The summed E-state index contributed by atoms with van der Waals surface area (Å²) in [5.74, 6) is 1.56. The molecule has 0 atom stereocenters. The van der Waals surface area contributed by atoms with E-state index >= 15 is 0 Å². The van der Waals surface area contributed by atoms with Crippen molar-refractivity contribution in [3.8, 4) is 56.6 Å². The van der Waals surface area contributed by atoms with Gasteiger partial charge in [0, 0.05) is 6.20 Å². The van der Waals surface area contributed by atoms with Crippen LogP contribution in [0.2, 0.25) is 0 Å². The van der Waals surface area contributed by atoms with Crippen molar-refractivity contribution < 1.29 is 37.8 Å². The van der Waals surface area contributed by atoms with Crippen molar-refractivity contribution in [3.05, 3.63) is 239 Å². The third kappa shape index (κ3) is 8.60. The number of rotatable bonds is 8. The molecule has 392 valence electrons. The molecule has 0 N–H and O–H groups in total. The summed E-state index contributed by atoms with van der Waals surface area (Å²) >= 11 is 2.20. The third-order valence-electron chi connectivity index (χ3n) is 14.9. The zero-order valence-electron chi connectivity index (χ0n) is 55.3. The minimum absolute atomic E-state index is 0.122. The van der Waals surface area contributed by atoms with E-state index in [1.54, 1.807) is 0 Å². The topological polar surface area (TPSA) is 41.8 Å². The molecule has 79 heavy (non-hydrogen) atoms. The van der Waals surface area contributed by atoms with Crippen LogP contribution >= 0.6 is 0 Å². The second kappa shape index (κ2) is 19.0. The summed E-state index contributed by atoms with van der Waals surface area (Å²) in [5.41, 5.74) is 8.08. The number of ether oxygens (including phenoxy) is 1. The number of aromatic nitrogens is 5. The van der Waals surface area contributed by atoms with Crippen LogP contribution in [-0.4, -0.2) is 23.3 Å². The van der Waals surface area contributed by atoms with E-state index in [1.807, 2.05) is 112 Å². The molecule has 13 aromatic rings. The quantitative estimate of drug-likeness (QED) is 0.142. The van der Waals surface area contributed by atoms with E-state index in [0.717, 1.165) is 66.1 Å². The molecule has 0 saturated heterocycles. The van der Waals surface area contributed by atoms with Gasteiger partial charge in [-0.1, -0.05) is 32.9 Å². The summed E-state index contributed by atoms with van der Waals surface area (Å²) in [7, 11) is 0. The van der Waals surface area contributed by atoms with Gasteiger partial charge >= 0.3 is 434 Å². The second-order valence-electron chi connectivity index (χ2n) is 23.1. The molecule has 0 radical (unpaired) electrons. The van der Waals surface area contributed by atoms with Gasteiger partial charge in [0.2, 0.25) is 0 Å². The Hall–Kier alpha value is -8.31. The van der Waals surface area contributed by atoms with Crippen LogP contribution in [0.3, 0.4) is 0 Å². The van der Waals surface area contributed by atoms with E-state index in [0.29, 0.717) is 37.7 Å². The molecule has 0 amide bonds. The fourth-order valence-corrected chi connectivity index (χ4v) is 12.3. The van der Waals surface area contributed by atoms with Gasteiger partial charge in [-0.3, -0.25) is 0 Å². The molecule has 0 aliphatic rings. The van der Waals surface area contributed by atoms with E-state index < -0.39 is 71.3 Å². The predicted octanol–water partition coefficient (Wildman–Crippen LogP) is 18.7. The van der Waals surface area contributed by atoms with Gasteiger partial charge in [0.15, 0.2) is 0 Å². The third-order valence-corrected chi connectivity index (χ3v) is 15.9. The number of hydrogen-bond donors (Lipinski definition) is 0. The Morgan fingerprint density at radius 1 is 0.481 bits per heavy atom. The predicted molar refractivity (Wildman–Crippen MR) is 323 cm³/mol. The van der Waals surface area contributed by atoms with Crippen molar-refractivity contribution in [2.24, 2.45) is 0 Å². The van der Waals surface area contributed by atoms with Gasteiger partial charge in [0.1, 0.15) is 0 Å². The van der Waals surface area contributed by atoms with E-state index in [2.05, 4.69) is 145 Å². The maximum atomic E-state index is 9.78. The van der Waals surface area contributed by atoms with Gasteiger partial charge in [-0.25, -0.2) is 0 Å². The van der Waals surface area contributed by atoms with Crippen LogP contribution in [0, 0.1) is 15.9 Å². The molecular formula is C72H61N5OPt-2. The van der Waals surface area contributed by atoms with Crippen molar-refractivity contribution in [3.63, 3.8) is 0 Å². The van der Waals surface area contributed by atoms with Crippen molar-refractivity contribution in [1.82, 2.24) is 23.3 Å². The summed E-state index contributed by atoms with van der Waals surface area (Å²) in [6, 6.07) is 47.3. The summed E-state index contributed by atoms with van der Waals surface area (Å²) < 4.78 is 109. The first-order valence-corrected chi connectivity index (χ1v) is 27.5. The minimum atomic E-state index is -0.585. The van der Waals surface area contributed by atoms with Crippen LogP contribution in [0.25, 0.3) is 99.8 Å². The average Bonchev–Trinajstić information content (AvgIpc) is 1.56. The standard InChI is InChI=1S/C72H61N5O.Pt/c1-70(2,3)49-39-40-73-66(41-49)77-62-34-17-16-29-54(62)55-38-37-53(45-65(55)77)78-52-28-20-27-50(42-52)74-46-75(64-36-19-18-35-63(64)74)67-58(47-23-12-10-13-24-47)43-51(44-59(67)48-25-14-11-15-26-48)76-68-56(30-21-32-60(68)71(4,5)6)57-31-22-33-61(69(57)76)72(7,8)9;/h10-41,43-44H,1-9H3;/q-2;/i10D,11D,12D,13D,14D,15D,23D,24D,25D,26D;. The Bertz CT molecular complexity index is 5010. The Morgan fingerprint density at radius 2 is 1.03 bits per heavy atom. The summed E-state index contributed by atoms with van der Waals surface area (Å²) in [5, 5.41) is 3.92. The monoisotopic (exact) mass is 1220 g/mol. The molecule has 13 rings (SSSR count). The summed E-state index contributed by atoms with van der Waals surface area (Å²) in [4.78, 5) is 4.86. The van der Waals surface area contributed by atoms with Crippen LogP contribution in [0.15, 0.2) is 206 Å². The molecule has 6 nitrogen and oxygen atoms in total. The van der Waals surface area contributed by atoms with Gasteiger partial charge < -0.3 is 0 Å². The van der Waals surface area contributed by atoms with Crippen LogP contribution in [-0.2, 0) is 35.6 Å². The summed E-state index contributed by atoms with van der Waals surface area (Å²) in [6.45, 7) is 19.4. The van der Waals surface area contributed by atoms with Crippen molar-refractivity contribution in [1.29, 1.82) is 0 Å². The van der Waals surface area contributed by atoms with E-state index in [1.165, 1.54) is 0 Å². The molecule has 0 aliphatic heterocycles. The van der Waals surface area contributed by atoms with Gasteiger partial charge in [-0.2, -0.15) is 0 Å². The van der Waals surface area contributed by atoms with Crippen LogP contribution in [0.5, 0.6) is 11.5 Å². The Kier molecular flexibility index (Phi) is 9.59. The molecule has 7 heteroatoms. The van der Waals surface area contributed by atoms with Gasteiger partial charge in [-0.15, -0.1) is 0 Å². The van der Waals surface area contributed by atoms with Gasteiger partial charge in [0.05, 0.1) is 0 Å². The summed E-state index contributed by atoms with van der Waals surface area (Å²) in [6.07, 6.45) is 1.84. The zero-order valence-corrected chi connectivity index (χ0v) is 47.6. The van der Waals surface area contributed by atoms with E-state index in [-0.39, 0.29) is 33.4 Å². The fraction of sp³-hybridized carbons (Fsp3) is 0.167. The van der Waals surface area contributed by atoms with Gasteiger partial charge in [0.25, 0.3) is 0 Å². The second-order valence-corrected chi connectivity index (χ2v) is 24.1. The average molecular weight is 1220 g/mol. The Balaban J connectivity index is 1.11. The molecule has 0 aliphatic carbocycles. The normalized spacial score (nSPS) is 14.2. The van der Waals surface area contributed by atoms with Crippen LogP contribution in [0.1, 0.15) is 92.7 Å². The van der Waals surface area contributed by atoms with Crippen molar-refractivity contribution in [2.45, 2.75) is 78.6 Å². The number of fused-ring (bicyclic) bond motifs is 7. The van der Waals surface area contributed by atoms with Crippen molar-refractivity contribution in [2.75, 3.05) is 0 Å². The number of nitrogens with zero attached hydrogens (tertiary/aromatic N) is 5.